The van der Waals surface area contributed by atoms with Crippen LogP contribution in [-0.2, 0) is 13.0 Å². The minimum Gasteiger partial charge on any atom is -0.492 e. The third-order valence-corrected chi connectivity index (χ3v) is 6.33. The summed E-state index contributed by atoms with van der Waals surface area (Å²) in [5.74, 6) is -2.24. The first-order valence-corrected chi connectivity index (χ1v) is 10.7. The molecule has 3 aromatic heterocycles. The van der Waals surface area contributed by atoms with Crippen LogP contribution in [0.3, 0.4) is 0 Å². The number of nitrogen functional groups attached to an aromatic ring is 1. The minimum absolute atomic E-state index is 0.0789. The lowest BCUT2D eigenvalue weighted by atomic mass is 10.00. The molecule has 4 heterocycles. The number of H-pyrrole nitrogens is 2. The van der Waals surface area contributed by atoms with Gasteiger partial charge in [0.05, 0.1) is 35.1 Å². The van der Waals surface area contributed by atoms with Crippen molar-refractivity contribution < 1.29 is 23.4 Å². The summed E-state index contributed by atoms with van der Waals surface area (Å²) in [6.45, 7) is -0.0438. The number of nitrogens with one attached hydrogen (secondary N) is 2. The van der Waals surface area contributed by atoms with E-state index in [1.165, 1.54) is 35.0 Å². The van der Waals surface area contributed by atoms with Crippen LogP contribution in [0, 0.1) is 11.6 Å². The number of aromatic carboxylic acids is 1. The van der Waals surface area contributed by atoms with Gasteiger partial charge >= 0.3 is 5.97 Å². The van der Waals surface area contributed by atoms with Gasteiger partial charge in [-0.15, -0.1) is 0 Å². The van der Waals surface area contributed by atoms with Crippen molar-refractivity contribution in [1.29, 1.82) is 0 Å². The zero-order chi connectivity index (χ0) is 24.4. The number of nitrogens with two attached hydrogens (primary N) is 1. The number of carboxylic acids is 1. The van der Waals surface area contributed by atoms with E-state index < -0.39 is 23.2 Å². The van der Waals surface area contributed by atoms with Gasteiger partial charge in [0, 0.05) is 34.7 Å². The summed E-state index contributed by atoms with van der Waals surface area (Å²) in [4.78, 5) is 27.8. The van der Waals surface area contributed by atoms with E-state index in [2.05, 4.69) is 15.2 Å². The molecule has 0 saturated heterocycles. The van der Waals surface area contributed by atoms with E-state index in [0.717, 1.165) is 0 Å². The molecule has 0 unspecified atom stereocenters. The number of aromatic nitrogens is 4. The Morgan fingerprint density at radius 3 is 2.86 bits per heavy atom. The largest absolute Gasteiger partial charge is 0.492 e. The number of hydrogen-bond donors (Lipinski definition) is 4. The molecule has 0 spiro atoms. The Kier molecular flexibility index (Phi) is 4.43. The number of aromatic amines is 2. The Balaban J connectivity index is 1.70. The highest BCUT2D eigenvalue weighted by molar-refractivity contribution is 6.11. The fourth-order valence-corrected chi connectivity index (χ4v) is 4.79. The molecule has 2 aromatic carbocycles. The first-order valence-electron chi connectivity index (χ1n) is 10.7. The molecule has 0 fully saturated rings. The van der Waals surface area contributed by atoms with Gasteiger partial charge in [0.2, 0.25) is 0 Å². The maximum Gasteiger partial charge on any atom is 0.353 e. The fourth-order valence-electron chi connectivity index (χ4n) is 4.79. The molecule has 0 radical (unpaired) electrons. The number of nitrogens with zero attached hydrogens (tertiary/aromatic N) is 2. The summed E-state index contributed by atoms with van der Waals surface area (Å²) in [6, 6.07) is 6.93. The number of fused-ring (bicyclic) bond motifs is 4. The van der Waals surface area contributed by atoms with E-state index in [-0.39, 0.29) is 52.6 Å². The summed E-state index contributed by atoms with van der Waals surface area (Å²) >= 11 is 0. The van der Waals surface area contributed by atoms with Crippen LogP contribution >= 0.6 is 0 Å². The number of rotatable bonds is 4. The SMILES string of the molecule is Nc1n[nH]c2cc(Cn3c(C(=O)O)c(-c4ccc[nH]c4=O)c4c5c(c(F)cc43)CCO5)c(F)cc12. The van der Waals surface area contributed by atoms with E-state index in [1.807, 2.05) is 0 Å². The van der Waals surface area contributed by atoms with Crippen LogP contribution in [0.25, 0.3) is 32.9 Å². The maximum atomic E-state index is 15.1. The van der Waals surface area contributed by atoms with Gasteiger partial charge in [-0.3, -0.25) is 9.89 Å². The molecule has 1 aliphatic rings. The number of pyridine rings is 1. The Bertz CT molecular complexity index is 1750. The Labute approximate surface area is 194 Å². The van der Waals surface area contributed by atoms with Crippen molar-refractivity contribution in [1.82, 2.24) is 19.7 Å². The van der Waals surface area contributed by atoms with Crippen molar-refractivity contribution in [3.63, 3.8) is 0 Å². The molecule has 5 N–H and O–H groups in total. The molecular formula is C24H17F2N5O4. The van der Waals surface area contributed by atoms with Gasteiger partial charge in [-0.05, 0) is 30.3 Å². The summed E-state index contributed by atoms with van der Waals surface area (Å²) < 4.78 is 37.1. The molecule has 9 nitrogen and oxygen atoms in total. The van der Waals surface area contributed by atoms with Gasteiger partial charge in [-0.1, -0.05) is 0 Å². The van der Waals surface area contributed by atoms with Crippen LogP contribution in [0.4, 0.5) is 14.6 Å². The second-order valence-corrected chi connectivity index (χ2v) is 8.28. The quantitative estimate of drug-likeness (QED) is 0.313. The van der Waals surface area contributed by atoms with E-state index >= 15 is 8.78 Å². The van der Waals surface area contributed by atoms with E-state index in [1.54, 1.807) is 6.07 Å². The van der Waals surface area contributed by atoms with Gasteiger partial charge in [0.25, 0.3) is 5.56 Å². The lowest BCUT2D eigenvalue weighted by Gasteiger charge is -2.11. The normalized spacial score (nSPS) is 12.9. The van der Waals surface area contributed by atoms with Crippen molar-refractivity contribution in [2.24, 2.45) is 0 Å². The fraction of sp³-hybridized carbons (Fsp3) is 0.125. The monoisotopic (exact) mass is 477 g/mol. The lowest BCUT2D eigenvalue weighted by Crippen LogP contribution is -2.14. The molecule has 0 amide bonds. The number of carboxylic acid groups (broad SMARTS) is 1. The Morgan fingerprint density at radius 2 is 2.09 bits per heavy atom. The topological polar surface area (TPSA) is 139 Å². The standard InChI is InChI=1S/C24H17F2N5O4/c25-14-7-13-16(29-30-22(13)27)6-10(14)9-31-17-8-15(26)11-3-5-35-21(11)19(17)18(20(31)24(33)34)12-2-1-4-28-23(12)32/h1-2,4,6-8H,3,5,9H2,(H,28,32)(H,33,34)(H3,27,29,30). The Hall–Kier alpha value is -4.67. The second kappa shape index (κ2) is 7.42. The molecule has 0 bridgehead atoms. The molecule has 5 aromatic rings. The summed E-state index contributed by atoms with van der Waals surface area (Å²) in [7, 11) is 0. The predicted molar refractivity (Wildman–Crippen MR) is 124 cm³/mol. The lowest BCUT2D eigenvalue weighted by molar-refractivity contribution is 0.0687. The number of hydrogen-bond acceptors (Lipinski definition) is 5. The van der Waals surface area contributed by atoms with E-state index in [4.69, 9.17) is 10.5 Å². The molecule has 0 atom stereocenters. The number of carbonyl (C=O) groups is 1. The van der Waals surface area contributed by atoms with E-state index in [0.29, 0.717) is 28.3 Å². The molecule has 6 rings (SSSR count). The van der Waals surface area contributed by atoms with Crippen molar-refractivity contribution >= 4 is 33.6 Å². The van der Waals surface area contributed by atoms with Crippen molar-refractivity contribution in [2.45, 2.75) is 13.0 Å². The average Bonchev–Trinajstić information content (AvgIpc) is 3.52. The highest BCUT2D eigenvalue weighted by Crippen LogP contribution is 2.44. The number of halogens is 2. The first-order chi connectivity index (χ1) is 16.8. The van der Waals surface area contributed by atoms with Crippen LogP contribution in [0.2, 0.25) is 0 Å². The summed E-state index contributed by atoms with van der Waals surface area (Å²) in [5, 5.41) is 17.5. The zero-order valence-electron chi connectivity index (χ0n) is 18.0. The first kappa shape index (κ1) is 20.9. The highest BCUT2D eigenvalue weighted by Gasteiger charge is 2.32. The van der Waals surface area contributed by atoms with Crippen molar-refractivity contribution in [3.05, 3.63) is 75.3 Å². The molecule has 0 aliphatic carbocycles. The van der Waals surface area contributed by atoms with Crippen LogP contribution in [-0.4, -0.2) is 37.4 Å². The second-order valence-electron chi connectivity index (χ2n) is 8.28. The van der Waals surface area contributed by atoms with Crippen LogP contribution in [0.1, 0.15) is 21.6 Å². The van der Waals surface area contributed by atoms with E-state index in [9.17, 15) is 14.7 Å². The molecule has 35 heavy (non-hydrogen) atoms. The third kappa shape index (κ3) is 3.01. The zero-order valence-corrected chi connectivity index (χ0v) is 18.0. The molecule has 0 saturated carbocycles. The molecular weight excluding hydrogens is 460 g/mol. The van der Waals surface area contributed by atoms with Crippen LogP contribution in [0.15, 0.2) is 41.3 Å². The van der Waals surface area contributed by atoms with Gasteiger partial charge in [-0.25, -0.2) is 13.6 Å². The molecule has 1 aliphatic heterocycles. The van der Waals surface area contributed by atoms with Crippen molar-refractivity contribution in [2.75, 3.05) is 12.3 Å². The number of anilines is 1. The molecule has 176 valence electrons. The smallest absolute Gasteiger partial charge is 0.353 e. The van der Waals surface area contributed by atoms with Crippen LogP contribution < -0.4 is 16.0 Å². The number of ether oxygens (including phenoxy) is 1. The summed E-state index contributed by atoms with van der Waals surface area (Å²) in [6.07, 6.45) is 1.73. The maximum absolute atomic E-state index is 15.1. The Morgan fingerprint density at radius 1 is 1.26 bits per heavy atom. The molecule has 11 heteroatoms. The number of benzene rings is 2. The predicted octanol–water partition coefficient (Wildman–Crippen LogP) is 3.41. The van der Waals surface area contributed by atoms with Crippen LogP contribution in [0.5, 0.6) is 5.75 Å². The average molecular weight is 477 g/mol. The summed E-state index contributed by atoms with van der Waals surface area (Å²) in [5.41, 5.74) is 6.16. The van der Waals surface area contributed by atoms with Gasteiger partial charge in [0.1, 0.15) is 23.1 Å². The van der Waals surface area contributed by atoms with Gasteiger partial charge < -0.3 is 25.1 Å². The highest BCUT2D eigenvalue weighted by atomic mass is 19.1. The van der Waals surface area contributed by atoms with Crippen molar-refractivity contribution in [3.8, 4) is 16.9 Å². The third-order valence-electron chi connectivity index (χ3n) is 6.33. The van der Waals surface area contributed by atoms with Gasteiger partial charge in [-0.2, -0.15) is 5.10 Å². The minimum atomic E-state index is -1.36. The van der Waals surface area contributed by atoms with Gasteiger partial charge in [0.15, 0.2) is 5.82 Å².